The third kappa shape index (κ3) is 5.71. The van der Waals surface area contributed by atoms with Crippen molar-refractivity contribution in [2.24, 2.45) is 5.73 Å². The molecule has 0 spiro atoms. The summed E-state index contributed by atoms with van der Waals surface area (Å²) in [6, 6.07) is 14.0. The van der Waals surface area contributed by atoms with Crippen molar-refractivity contribution in [3.8, 4) is 11.5 Å². The maximum atomic E-state index is 12.6. The van der Waals surface area contributed by atoms with E-state index in [1.165, 1.54) is 4.90 Å². The first-order valence-corrected chi connectivity index (χ1v) is 9.21. The molecule has 1 aliphatic rings. The summed E-state index contributed by atoms with van der Waals surface area (Å²) in [5.41, 5.74) is 6.49. The van der Waals surface area contributed by atoms with Crippen LogP contribution >= 0.6 is 0 Å². The molecule has 0 unspecified atom stereocenters. The van der Waals surface area contributed by atoms with Crippen LogP contribution in [-0.4, -0.2) is 44.1 Å². The van der Waals surface area contributed by atoms with Crippen molar-refractivity contribution in [1.82, 2.24) is 0 Å². The Bertz CT molecular complexity index is 884. The fourth-order valence-electron chi connectivity index (χ4n) is 2.86. The van der Waals surface area contributed by atoms with Crippen molar-refractivity contribution in [2.75, 3.05) is 31.3 Å². The van der Waals surface area contributed by atoms with E-state index < -0.39 is 24.4 Å². The van der Waals surface area contributed by atoms with Gasteiger partial charge in [-0.05, 0) is 29.8 Å². The number of hydrogen-bond donors (Lipinski definition) is 1. The lowest BCUT2D eigenvalue weighted by atomic mass is 10.1. The highest BCUT2D eigenvalue weighted by Crippen LogP contribution is 2.30. The number of anilines is 1. The molecule has 3 rings (SSSR count). The number of esters is 1. The van der Waals surface area contributed by atoms with Crippen molar-refractivity contribution in [3.05, 3.63) is 54.1 Å². The van der Waals surface area contributed by atoms with Gasteiger partial charge in [0.1, 0.15) is 13.2 Å². The molecule has 1 heterocycles. The number of para-hydroxylation sites is 1. The molecule has 0 fully saturated rings. The van der Waals surface area contributed by atoms with Crippen molar-refractivity contribution in [1.29, 1.82) is 0 Å². The molecule has 0 atom stereocenters. The summed E-state index contributed by atoms with van der Waals surface area (Å²) >= 11 is 0. The van der Waals surface area contributed by atoms with E-state index in [1.54, 1.807) is 42.5 Å². The van der Waals surface area contributed by atoms with Crippen LogP contribution in [-0.2, 0) is 25.5 Å². The van der Waals surface area contributed by atoms with Crippen LogP contribution in [0.4, 0.5) is 5.69 Å². The normalized spacial score (nSPS) is 12.1. The topological polar surface area (TPSA) is 108 Å². The number of fused-ring (bicyclic) bond motifs is 1. The lowest BCUT2D eigenvalue weighted by molar-refractivity contribution is -0.147. The molecule has 0 radical (unpaired) electrons. The van der Waals surface area contributed by atoms with Crippen LogP contribution in [0.2, 0.25) is 0 Å². The first-order valence-electron chi connectivity index (χ1n) is 9.21. The lowest BCUT2D eigenvalue weighted by Crippen LogP contribution is -2.37. The third-order valence-corrected chi connectivity index (χ3v) is 4.26. The van der Waals surface area contributed by atoms with Crippen LogP contribution in [0.15, 0.2) is 48.5 Å². The Hall–Kier alpha value is -3.55. The Morgan fingerprint density at radius 2 is 1.72 bits per heavy atom. The second-order valence-electron chi connectivity index (χ2n) is 6.41. The Morgan fingerprint density at radius 1 is 1.00 bits per heavy atom. The summed E-state index contributed by atoms with van der Waals surface area (Å²) in [6.45, 7) is 0.620. The third-order valence-electron chi connectivity index (χ3n) is 4.26. The van der Waals surface area contributed by atoms with Crippen LogP contribution in [0.3, 0.4) is 0 Å². The SMILES string of the molecule is NC(=O)CCN(C(=O)COC(=O)Cc1ccc2c(c1)OCCO2)c1ccccc1. The average Bonchev–Trinajstić information content (AvgIpc) is 2.73. The van der Waals surface area contributed by atoms with E-state index in [0.717, 1.165) is 0 Å². The van der Waals surface area contributed by atoms with Crippen molar-refractivity contribution >= 4 is 23.5 Å². The second kappa shape index (κ2) is 9.59. The summed E-state index contributed by atoms with van der Waals surface area (Å²) in [5, 5.41) is 0. The molecule has 0 bridgehead atoms. The number of hydrogen-bond acceptors (Lipinski definition) is 6. The number of amides is 2. The molecule has 29 heavy (non-hydrogen) atoms. The van der Waals surface area contributed by atoms with Gasteiger partial charge in [0, 0.05) is 18.7 Å². The molecule has 0 aliphatic carbocycles. The number of rotatable bonds is 8. The van der Waals surface area contributed by atoms with Crippen LogP contribution in [0, 0.1) is 0 Å². The van der Waals surface area contributed by atoms with Gasteiger partial charge in [0.2, 0.25) is 5.91 Å². The molecular weight excluding hydrogens is 376 g/mol. The molecule has 2 aromatic carbocycles. The van der Waals surface area contributed by atoms with Gasteiger partial charge in [-0.15, -0.1) is 0 Å². The first kappa shape index (κ1) is 20.2. The average molecular weight is 398 g/mol. The molecule has 2 aromatic rings. The summed E-state index contributed by atoms with van der Waals surface area (Å²) in [7, 11) is 0. The van der Waals surface area contributed by atoms with Gasteiger partial charge in [0.15, 0.2) is 18.1 Å². The number of primary amides is 1. The highest BCUT2D eigenvalue weighted by atomic mass is 16.6. The van der Waals surface area contributed by atoms with E-state index in [9.17, 15) is 14.4 Å². The fourth-order valence-corrected chi connectivity index (χ4v) is 2.86. The summed E-state index contributed by atoms with van der Waals surface area (Å²) in [6.07, 6.45) is 0.00230. The quantitative estimate of drug-likeness (QED) is 0.675. The van der Waals surface area contributed by atoms with Gasteiger partial charge in [0.25, 0.3) is 5.91 Å². The Morgan fingerprint density at radius 3 is 2.45 bits per heavy atom. The molecule has 152 valence electrons. The second-order valence-corrected chi connectivity index (χ2v) is 6.41. The predicted octanol–water partition coefficient (Wildman–Crippen LogP) is 1.45. The molecule has 2 amide bonds. The maximum Gasteiger partial charge on any atom is 0.310 e. The van der Waals surface area contributed by atoms with E-state index in [1.807, 2.05) is 6.07 Å². The highest BCUT2D eigenvalue weighted by Gasteiger charge is 2.19. The van der Waals surface area contributed by atoms with Crippen LogP contribution < -0.4 is 20.1 Å². The molecule has 0 saturated carbocycles. The zero-order valence-electron chi connectivity index (χ0n) is 15.8. The first-order chi connectivity index (χ1) is 14.0. The Labute approximate surface area is 168 Å². The standard InChI is InChI=1S/C21H22N2O6/c22-19(24)8-9-23(16-4-2-1-3-5-16)20(25)14-29-21(26)13-15-6-7-17-18(12-15)28-11-10-27-17/h1-7,12H,8-11,13-14H2,(H2,22,24). The van der Waals surface area contributed by atoms with E-state index >= 15 is 0 Å². The zero-order valence-corrected chi connectivity index (χ0v) is 15.8. The number of nitrogens with zero attached hydrogens (tertiary/aromatic N) is 1. The van der Waals surface area contributed by atoms with Gasteiger partial charge < -0.3 is 24.8 Å². The van der Waals surface area contributed by atoms with Crippen LogP contribution in [0.25, 0.3) is 0 Å². The fraction of sp³-hybridized carbons (Fsp3) is 0.286. The summed E-state index contributed by atoms with van der Waals surface area (Å²) in [5.74, 6) is -0.281. The van der Waals surface area contributed by atoms with Gasteiger partial charge in [-0.3, -0.25) is 14.4 Å². The van der Waals surface area contributed by atoms with Crippen molar-refractivity contribution < 1.29 is 28.6 Å². The number of benzene rings is 2. The minimum absolute atomic E-state index is 0.00343. The molecular formula is C21H22N2O6. The Balaban J connectivity index is 1.57. The minimum atomic E-state index is -0.544. The number of nitrogens with two attached hydrogens (primary N) is 1. The zero-order chi connectivity index (χ0) is 20.6. The minimum Gasteiger partial charge on any atom is -0.486 e. The highest BCUT2D eigenvalue weighted by molar-refractivity contribution is 5.95. The maximum absolute atomic E-state index is 12.6. The van der Waals surface area contributed by atoms with E-state index in [2.05, 4.69) is 0 Å². The van der Waals surface area contributed by atoms with E-state index in [4.69, 9.17) is 19.9 Å². The molecule has 1 aliphatic heterocycles. The largest absolute Gasteiger partial charge is 0.486 e. The van der Waals surface area contributed by atoms with Gasteiger partial charge in [-0.1, -0.05) is 24.3 Å². The van der Waals surface area contributed by atoms with Gasteiger partial charge in [-0.2, -0.15) is 0 Å². The number of carbonyl (C=O) groups excluding carboxylic acids is 3. The van der Waals surface area contributed by atoms with Crippen LogP contribution in [0.1, 0.15) is 12.0 Å². The van der Waals surface area contributed by atoms with Crippen LogP contribution in [0.5, 0.6) is 11.5 Å². The smallest absolute Gasteiger partial charge is 0.310 e. The van der Waals surface area contributed by atoms with E-state index in [0.29, 0.717) is 36.0 Å². The van der Waals surface area contributed by atoms with Crippen molar-refractivity contribution in [2.45, 2.75) is 12.8 Å². The van der Waals surface area contributed by atoms with Gasteiger partial charge >= 0.3 is 5.97 Å². The number of ether oxygens (including phenoxy) is 3. The summed E-state index contributed by atoms with van der Waals surface area (Å²) in [4.78, 5) is 37.2. The van der Waals surface area contributed by atoms with E-state index in [-0.39, 0.29) is 19.4 Å². The number of carbonyl (C=O) groups is 3. The Kier molecular flexibility index (Phi) is 6.67. The van der Waals surface area contributed by atoms with Gasteiger partial charge in [0.05, 0.1) is 6.42 Å². The predicted molar refractivity (Wildman–Crippen MR) is 105 cm³/mol. The molecule has 8 heteroatoms. The van der Waals surface area contributed by atoms with Crippen molar-refractivity contribution in [3.63, 3.8) is 0 Å². The summed E-state index contributed by atoms with van der Waals surface area (Å²) < 4.78 is 16.1. The molecule has 0 aromatic heterocycles. The van der Waals surface area contributed by atoms with Gasteiger partial charge in [-0.25, -0.2) is 0 Å². The molecule has 8 nitrogen and oxygen atoms in total. The molecule has 2 N–H and O–H groups in total. The monoisotopic (exact) mass is 398 g/mol. The lowest BCUT2D eigenvalue weighted by Gasteiger charge is -2.22. The molecule has 0 saturated heterocycles.